The highest BCUT2D eigenvalue weighted by atomic mass is 35.5. The van der Waals surface area contributed by atoms with Crippen molar-refractivity contribution in [3.8, 4) is 12.3 Å². The van der Waals surface area contributed by atoms with Gasteiger partial charge in [-0.3, -0.25) is 9.78 Å². The van der Waals surface area contributed by atoms with E-state index in [-0.39, 0.29) is 17.1 Å². The normalized spacial score (nSPS) is 10.0. The minimum Gasteiger partial charge on any atom is -0.379 e. The number of anilines is 1. The zero-order chi connectivity index (χ0) is 14.4. The van der Waals surface area contributed by atoms with Gasteiger partial charge in [-0.15, -0.1) is 6.42 Å². The Labute approximate surface area is 121 Å². The third-order valence-corrected chi connectivity index (χ3v) is 2.93. The molecule has 0 aliphatic carbocycles. The Hall–Kier alpha value is -2.32. The molecule has 0 fully saturated rings. The van der Waals surface area contributed by atoms with Crippen molar-refractivity contribution >= 4 is 17.3 Å². The fourth-order valence-corrected chi connectivity index (χ4v) is 1.88. The van der Waals surface area contributed by atoms with Gasteiger partial charge in [0, 0.05) is 24.9 Å². The summed E-state index contributed by atoms with van der Waals surface area (Å²) in [7, 11) is 0. The Morgan fingerprint density at radius 2 is 2.30 bits per heavy atom. The molecule has 6 heteroatoms. The highest BCUT2D eigenvalue weighted by Gasteiger charge is 2.08. The average Bonchev–Trinajstić information content (AvgIpc) is 2.47. The largest absolute Gasteiger partial charge is 0.379 e. The van der Waals surface area contributed by atoms with Crippen LogP contribution in [0, 0.1) is 12.3 Å². The first-order chi connectivity index (χ1) is 9.72. The zero-order valence-corrected chi connectivity index (χ0v) is 11.5. The van der Waals surface area contributed by atoms with Gasteiger partial charge in [-0.1, -0.05) is 23.6 Å². The standard InChI is InChI=1S/C14H13ClN4O/c1-2-9-19-14(20)13(12(15)10-18-19)17-8-6-11-5-3-4-7-16-11/h1,3-5,7,10,17H,6,8-9H2. The summed E-state index contributed by atoms with van der Waals surface area (Å²) in [4.78, 5) is 16.3. The lowest BCUT2D eigenvalue weighted by molar-refractivity contribution is 0.664. The van der Waals surface area contributed by atoms with Crippen molar-refractivity contribution < 1.29 is 0 Å². The van der Waals surface area contributed by atoms with E-state index in [9.17, 15) is 4.79 Å². The molecule has 5 nitrogen and oxygen atoms in total. The van der Waals surface area contributed by atoms with Crippen LogP contribution in [0.15, 0.2) is 35.4 Å². The first-order valence-corrected chi connectivity index (χ1v) is 6.43. The van der Waals surface area contributed by atoms with E-state index in [0.29, 0.717) is 18.7 Å². The molecule has 2 heterocycles. The highest BCUT2D eigenvalue weighted by molar-refractivity contribution is 6.32. The summed E-state index contributed by atoms with van der Waals surface area (Å²) in [5.74, 6) is 2.37. The maximum atomic E-state index is 12.1. The van der Waals surface area contributed by atoms with Crippen LogP contribution in [0.4, 0.5) is 5.69 Å². The number of nitrogens with one attached hydrogen (secondary N) is 1. The third-order valence-electron chi connectivity index (χ3n) is 2.65. The number of hydrogen-bond donors (Lipinski definition) is 1. The van der Waals surface area contributed by atoms with Crippen LogP contribution in [0.5, 0.6) is 0 Å². The van der Waals surface area contributed by atoms with E-state index in [1.54, 1.807) is 6.20 Å². The first-order valence-electron chi connectivity index (χ1n) is 6.05. The Kier molecular flexibility index (Phi) is 4.75. The van der Waals surface area contributed by atoms with Crippen molar-refractivity contribution in [1.29, 1.82) is 0 Å². The molecule has 2 aromatic rings. The van der Waals surface area contributed by atoms with Gasteiger partial charge in [0.15, 0.2) is 0 Å². The molecule has 0 bridgehead atoms. The van der Waals surface area contributed by atoms with Crippen molar-refractivity contribution in [2.75, 3.05) is 11.9 Å². The van der Waals surface area contributed by atoms with Gasteiger partial charge in [-0.05, 0) is 12.1 Å². The Morgan fingerprint density at radius 1 is 1.45 bits per heavy atom. The van der Waals surface area contributed by atoms with Crippen molar-refractivity contribution in [2.45, 2.75) is 13.0 Å². The number of terminal acetylenes is 1. The molecule has 0 spiro atoms. The molecule has 0 atom stereocenters. The van der Waals surface area contributed by atoms with E-state index in [4.69, 9.17) is 18.0 Å². The van der Waals surface area contributed by atoms with Crippen molar-refractivity contribution in [3.05, 3.63) is 51.7 Å². The monoisotopic (exact) mass is 288 g/mol. The number of rotatable bonds is 5. The molecule has 0 saturated carbocycles. The molecule has 20 heavy (non-hydrogen) atoms. The molecule has 0 unspecified atom stereocenters. The molecule has 102 valence electrons. The maximum absolute atomic E-state index is 12.1. The van der Waals surface area contributed by atoms with Crippen LogP contribution in [0.3, 0.4) is 0 Å². The lowest BCUT2D eigenvalue weighted by atomic mass is 10.2. The molecule has 0 aliphatic rings. The molecule has 0 amide bonds. The Bertz CT molecular complexity index is 676. The predicted molar refractivity (Wildman–Crippen MR) is 78.8 cm³/mol. The van der Waals surface area contributed by atoms with Gasteiger partial charge in [-0.25, -0.2) is 4.68 Å². The Morgan fingerprint density at radius 3 is 3.00 bits per heavy atom. The highest BCUT2D eigenvalue weighted by Crippen LogP contribution is 2.14. The van der Waals surface area contributed by atoms with Gasteiger partial charge >= 0.3 is 0 Å². The quantitative estimate of drug-likeness (QED) is 0.849. The van der Waals surface area contributed by atoms with Crippen LogP contribution in [-0.4, -0.2) is 21.3 Å². The van der Waals surface area contributed by atoms with E-state index < -0.39 is 0 Å². The van der Waals surface area contributed by atoms with Crippen LogP contribution in [0.25, 0.3) is 0 Å². The minimum absolute atomic E-state index is 0.116. The molecular formula is C14H13ClN4O. The second-order valence-electron chi connectivity index (χ2n) is 4.03. The van der Waals surface area contributed by atoms with E-state index >= 15 is 0 Å². The van der Waals surface area contributed by atoms with Gasteiger partial charge in [0.1, 0.15) is 12.2 Å². The van der Waals surface area contributed by atoms with E-state index in [0.717, 1.165) is 5.69 Å². The predicted octanol–water partition coefficient (Wildman–Crippen LogP) is 1.58. The molecular weight excluding hydrogens is 276 g/mol. The van der Waals surface area contributed by atoms with Gasteiger partial charge in [0.25, 0.3) is 5.56 Å². The molecule has 0 saturated heterocycles. The third kappa shape index (κ3) is 3.37. The van der Waals surface area contributed by atoms with E-state index in [1.165, 1.54) is 10.9 Å². The van der Waals surface area contributed by atoms with Gasteiger partial charge in [0.2, 0.25) is 0 Å². The maximum Gasteiger partial charge on any atom is 0.292 e. The van der Waals surface area contributed by atoms with Gasteiger partial charge < -0.3 is 5.32 Å². The smallest absolute Gasteiger partial charge is 0.292 e. The average molecular weight is 289 g/mol. The molecule has 2 rings (SSSR count). The molecule has 0 radical (unpaired) electrons. The van der Waals surface area contributed by atoms with Crippen LogP contribution in [0.1, 0.15) is 5.69 Å². The summed E-state index contributed by atoms with van der Waals surface area (Å²) < 4.78 is 1.19. The minimum atomic E-state index is -0.323. The van der Waals surface area contributed by atoms with Crippen molar-refractivity contribution in [2.24, 2.45) is 0 Å². The van der Waals surface area contributed by atoms with Crippen LogP contribution < -0.4 is 10.9 Å². The molecule has 0 aliphatic heterocycles. The van der Waals surface area contributed by atoms with Crippen LogP contribution >= 0.6 is 11.6 Å². The van der Waals surface area contributed by atoms with E-state index in [1.807, 2.05) is 18.2 Å². The number of halogens is 1. The number of pyridine rings is 1. The topological polar surface area (TPSA) is 59.8 Å². The summed E-state index contributed by atoms with van der Waals surface area (Å²) in [5, 5.41) is 7.17. The van der Waals surface area contributed by atoms with Crippen molar-refractivity contribution in [1.82, 2.24) is 14.8 Å². The Balaban J connectivity index is 2.08. The zero-order valence-electron chi connectivity index (χ0n) is 10.7. The number of nitrogens with zero attached hydrogens (tertiary/aromatic N) is 3. The first kappa shape index (κ1) is 14.1. The van der Waals surface area contributed by atoms with Crippen molar-refractivity contribution in [3.63, 3.8) is 0 Å². The summed E-state index contributed by atoms with van der Waals surface area (Å²) in [6.07, 6.45) is 9.01. The summed E-state index contributed by atoms with van der Waals surface area (Å²) in [6, 6.07) is 5.70. The lowest BCUT2D eigenvalue weighted by Gasteiger charge is -2.09. The van der Waals surface area contributed by atoms with E-state index in [2.05, 4.69) is 21.3 Å². The SMILES string of the molecule is C#CCn1ncc(Cl)c(NCCc2ccccn2)c1=O. The van der Waals surface area contributed by atoms with Gasteiger partial charge in [-0.2, -0.15) is 5.10 Å². The number of aromatic nitrogens is 3. The summed E-state index contributed by atoms with van der Waals surface area (Å²) in [5.41, 5.74) is 0.929. The summed E-state index contributed by atoms with van der Waals surface area (Å²) >= 11 is 5.98. The fraction of sp³-hybridized carbons (Fsp3) is 0.214. The summed E-state index contributed by atoms with van der Waals surface area (Å²) in [6.45, 7) is 0.664. The van der Waals surface area contributed by atoms with Gasteiger partial charge in [0.05, 0.1) is 11.2 Å². The second-order valence-corrected chi connectivity index (χ2v) is 4.44. The number of hydrogen-bond acceptors (Lipinski definition) is 4. The molecule has 0 aromatic carbocycles. The molecule has 1 N–H and O–H groups in total. The fourth-order valence-electron chi connectivity index (χ4n) is 1.69. The molecule has 2 aromatic heterocycles. The second kappa shape index (κ2) is 6.73. The van der Waals surface area contributed by atoms with Crippen LogP contribution in [-0.2, 0) is 13.0 Å². The lowest BCUT2D eigenvalue weighted by Crippen LogP contribution is -2.26. The van der Waals surface area contributed by atoms with Crippen LogP contribution in [0.2, 0.25) is 5.02 Å².